The van der Waals surface area contributed by atoms with Crippen molar-refractivity contribution in [3.05, 3.63) is 22.8 Å². The SMILES string of the molecule is Brc1cccnc1OC[C@H]1CCCNC1. The summed E-state index contributed by atoms with van der Waals surface area (Å²) in [5.41, 5.74) is 0. The fourth-order valence-corrected chi connectivity index (χ4v) is 2.11. The third-order valence-electron chi connectivity index (χ3n) is 2.58. The van der Waals surface area contributed by atoms with Gasteiger partial charge in [-0.15, -0.1) is 0 Å². The zero-order valence-corrected chi connectivity index (χ0v) is 10.2. The lowest BCUT2D eigenvalue weighted by molar-refractivity contribution is 0.211. The summed E-state index contributed by atoms with van der Waals surface area (Å²) < 4.78 is 6.60. The largest absolute Gasteiger partial charge is 0.477 e. The van der Waals surface area contributed by atoms with Gasteiger partial charge in [-0.2, -0.15) is 0 Å². The number of nitrogens with zero attached hydrogens (tertiary/aromatic N) is 1. The fraction of sp³-hybridized carbons (Fsp3) is 0.545. The molecule has 1 aromatic rings. The summed E-state index contributed by atoms with van der Waals surface area (Å²) >= 11 is 3.42. The van der Waals surface area contributed by atoms with Gasteiger partial charge in [0.15, 0.2) is 0 Å². The Balaban J connectivity index is 1.84. The molecule has 3 nitrogen and oxygen atoms in total. The highest BCUT2D eigenvalue weighted by molar-refractivity contribution is 9.10. The van der Waals surface area contributed by atoms with Gasteiger partial charge in [0.1, 0.15) is 0 Å². The molecule has 0 radical (unpaired) electrons. The van der Waals surface area contributed by atoms with Crippen LogP contribution >= 0.6 is 15.9 Å². The second kappa shape index (κ2) is 5.47. The number of rotatable bonds is 3. The minimum Gasteiger partial charge on any atom is -0.477 e. The van der Waals surface area contributed by atoms with E-state index >= 15 is 0 Å². The molecule has 0 bridgehead atoms. The van der Waals surface area contributed by atoms with Crippen LogP contribution in [-0.4, -0.2) is 24.7 Å². The summed E-state index contributed by atoms with van der Waals surface area (Å²) in [6.45, 7) is 2.96. The van der Waals surface area contributed by atoms with Crippen LogP contribution in [0.15, 0.2) is 22.8 Å². The smallest absolute Gasteiger partial charge is 0.227 e. The number of hydrogen-bond donors (Lipinski definition) is 1. The zero-order chi connectivity index (χ0) is 10.5. The first kappa shape index (κ1) is 10.9. The summed E-state index contributed by atoms with van der Waals surface area (Å²) in [4.78, 5) is 4.17. The van der Waals surface area contributed by atoms with Crippen LogP contribution in [0.3, 0.4) is 0 Å². The average molecular weight is 271 g/mol. The van der Waals surface area contributed by atoms with Gasteiger partial charge in [-0.25, -0.2) is 4.98 Å². The summed E-state index contributed by atoms with van der Waals surface area (Å²) in [7, 11) is 0. The van der Waals surface area contributed by atoms with E-state index in [-0.39, 0.29) is 0 Å². The minimum absolute atomic E-state index is 0.618. The molecule has 2 rings (SSSR count). The van der Waals surface area contributed by atoms with Crippen LogP contribution in [0.1, 0.15) is 12.8 Å². The lowest BCUT2D eigenvalue weighted by Gasteiger charge is -2.22. The average Bonchev–Trinajstić information content (AvgIpc) is 2.29. The third-order valence-corrected chi connectivity index (χ3v) is 3.18. The van der Waals surface area contributed by atoms with Crippen LogP contribution in [-0.2, 0) is 0 Å². The van der Waals surface area contributed by atoms with Gasteiger partial charge in [-0.3, -0.25) is 0 Å². The molecule has 0 aromatic carbocycles. The molecule has 1 atom stereocenters. The zero-order valence-electron chi connectivity index (χ0n) is 8.58. The van der Waals surface area contributed by atoms with Crippen molar-refractivity contribution in [2.45, 2.75) is 12.8 Å². The van der Waals surface area contributed by atoms with E-state index in [2.05, 4.69) is 26.2 Å². The Morgan fingerprint density at radius 3 is 3.27 bits per heavy atom. The van der Waals surface area contributed by atoms with E-state index < -0.39 is 0 Å². The fourth-order valence-electron chi connectivity index (χ4n) is 1.74. The van der Waals surface area contributed by atoms with Crippen molar-refractivity contribution in [1.82, 2.24) is 10.3 Å². The van der Waals surface area contributed by atoms with Gasteiger partial charge in [0.25, 0.3) is 0 Å². The quantitative estimate of drug-likeness (QED) is 0.915. The maximum atomic E-state index is 5.68. The molecule has 4 heteroatoms. The van der Waals surface area contributed by atoms with Gasteiger partial charge in [-0.1, -0.05) is 0 Å². The molecular formula is C11H15BrN2O. The Labute approximate surface area is 98.4 Å². The van der Waals surface area contributed by atoms with E-state index in [0.29, 0.717) is 11.8 Å². The highest BCUT2D eigenvalue weighted by Crippen LogP contribution is 2.22. The number of nitrogens with one attached hydrogen (secondary N) is 1. The minimum atomic E-state index is 0.618. The molecular weight excluding hydrogens is 256 g/mol. The van der Waals surface area contributed by atoms with Crippen LogP contribution in [0.5, 0.6) is 5.88 Å². The number of piperidine rings is 1. The highest BCUT2D eigenvalue weighted by atomic mass is 79.9. The van der Waals surface area contributed by atoms with Crippen LogP contribution < -0.4 is 10.1 Å². The van der Waals surface area contributed by atoms with Crippen molar-refractivity contribution in [1.29, 1.82) is 0 Å². The van der Waals surface area contributed by atoms with E-state index in [9.17, 15) is 0 Å². The molecule has 82 valence electrons. The van der Waals surface area contributed by atoms with Crippen LogP contribution in [0.25, 0.3) is 0 Å². The topological polar surface area (TPSA) is 34.1 Å². The molecule has 15 heavy (non-hydrogen) atoms. The molecule has 0 saturated carbocycles. The molecule has 1 saturated heterocycles. The van der Waals surface area contributed by atoms with Crippen molar-refractivity contribution >= 4 is 15.9 Å². The molecule has 0 aliphatic carbocycles. The van der Waals surface area contributed by atoms with Crippen molar-refractivity contribution in [2.75, 3.05) is 19.7 Å². The summed E-state index contributed by atoms with van der Waals surface area (Å²) in [6.07, 6.45) is 4.24. The Morgan fingerprint density at radius 2 is 2.53 bits per heavy atom. The first-order chi connectivity index (χ1) is 7.36. The van der Waals surface area contributed by atoms with Crippen LogP contribution in [0, 0.1) is 5.92 Å². The lowest BCUT2D eigenvalue weighted by atomic mass is 10.0. The number of pyridine rings is 1. The van der Waals surface area contributed by atoms with Crippen molar-refractivity contribution < 1.29 is 4.74 Å². The van der Waals surface area contributed by atoms with Gasteiger partial charge >= 0.3 is 0 Å². The van der Waals surface area contributed by atoms with Gasteiger partial charge in [0.05, 0.1) is 11.1 Å². The van der Waals surface area contributed by atoms with Crippen molar-refractivity contribution in [3.8, 4) is 5.88 Å². The Hall–Kier alpha value is -0.610. The molecule has 2 heterocycles. The van der Waals surface area contributed by atoms with Gasteiger partial charge < -0.3 is 10.1 Å². The lowest BCUT2D eigenvalue weighted by Crippen LogP contribution is -2.33. The Kier molecular flexibility index (Phi) is 3.97. The van der Waals surface area contributed by atoms with Crippen molar-refractivity contribution in [2.24, 2.45) is 5.92 Å². The summed E-state index contributed by atoms with van der Waals surface area (Å²) in [5.74, 6) is 1.32. The third kappa shape index (κ3) is 3.18. The first-order valence-electron chi connectivity index (χ1n) is 5.30. The standard InChI is InChI=1S/C11H15BrN2O/c12-10-4-2-6-14-11(10)15-8-9-3-1-5-13-7-9/h2,4,6,9,13H,1,3,5,7-8H2/t9-/m0/s1. The first-order valence-corrected chi connectivity index (χ1v) is 6.09. The molecule has 1 aliphatic heterocycles. The van der Waals surface area contributed by atoms with E-state index in [1.54, 1.807) is 6.20 Å². The number of aromatic nitrogens is 1. The van der Waals surface area contributed by atoms with E-state index in [1.807, 2.05) is 12.1 Å². The monoisotopic (exact) mass is 270 g/mol. The van der Waals surface area contributed by atoms with Gasteiger partial charge in [0, 0.05) is 18.7 Å². The maximum Gasteiger partial charge on any atom is 0.227 e. The van der Waals surface area contributed by atoms with Crippen molar-refractivity contribution in [3.63, 3.8) is 0 Å². The van der Waals surface area contributed by atoms with Crippen LogP contribution in [0.4, 0.5) is 0 Å². The Morgan fingerprint density at radius 1 is 1.60 bits per heavy atom. The summed E-state index contributed by atoms with van der Waals surface area (Å²) in [5, 5.41) is 3.37. The molecule has 1 fully saturated rings. The van der Waals surface area contributed by atoms with E-state index in [4.69, 9.17) is 4.74 Å². The molecule has 1 aliphatic rings. The Bertz CT molecular complexity index is 313. The summed E-state index contributed by atoms with van der Waals surface area (Å²) in [6, 6.07) is 3.83. The second-order valence-electron chi connectivity index (χ2n) is 3.81. The molecule has 0 unspecified atom stereocenters. The second-order valence-corrected chi connectivity index (χ2v) is 4.67. The van der Waals surface area contributed by atoms with Crippen LogP contribution in [0.2, 0.25) is 0 Å². The van der Waals surface area contributed by atoms with Gasteiger partial charge in [0.2, 0.25) is 5.88 Å². The number of halogens is 1. The van der Waals surface area contributed by atoms with Gasteiger partial charge in [-0.05, 0) is 47.4 Å². The molecule has 1 aromatic heterocycles. The molecule has 1 N–H and O–H groups in total. The van der Waals surface area contributed by atoms with E-state index in [1.165, 1.54) is 12.8 Å². The number of hydrogen-bond acceptors (Lipinski definition) is 3. The predicted molar refractivity (Wildman–Crippen MR) is 63.0 cm³/mol. The normalized spacial score (nSPS) is 21.3. The molecule has 0 amide bonds. The predicted octanol–water partition coefficient (Wildman–Crippen LogP) is 2.22. The highest BCUT2D eigenvalue weighted by Gasteiger charge is 2.14. The molecule has 0 spiro atoms. The maximum absolute atomic E-state index is 5.68. The number of ether oxygens (including phenoxy) is 1. The van der Waals surface area contributed by atoms with E-state index in [0.717, 1.165) is 24.2 Å².